The maximum Gasteiger partial charge on any atom is 0.189 e. The van der Waals surface area contributed by atoms with Crippen molar-refractivity contribution in [1.82, 2.24) is 19.9 Å². The Morgan fingerprint density at radius 3 is 2.87 bits per heavy atom. The van der Waals surface area contributed by atoms with Crippen LogP contribution in [0, 0.1) is 0 Å². The van der Waals surface area contributed by atoms with E-state index in [2.05, 4.69) is 46.7 Å². The summed E-state index contributed by atoms with van der Waals surface area (Å²) in [5.74, 6) is 1.06. The second kappa shape index (κ2) is 6.37. The minimum atomic E-state index is 0.612. The lowest BCUT2D eigenvalue weighted by Gasteiger charge is -2.56. The summed E-state index contributed by atoms with van der Waals surface area (Å²) in [4.78, 5) is 18.2. The first-order valence-corrected chi connectivity index (χ1v) is 9.72. The molecule has 3 saturated heterocycles. The topological polar surface area (TPSA) is 45.2 Å². The van der Waals surface area contributed by atoms with Gasteiger partial charge in [-0.2, -0.15) is 0 Å². The number of aromatic nitrogens is 3. The monoisotopic (exact) mass is 391 g/mol. The number of fused-ring (bicyclic) bond motifs is 2. The van der Waals surface area contributed by atoms with Crippen molar-refractivity contribution in [3.63, 3.8) is 0 Å². The average Bonchev–Trinajstić information content (AvgIpc) is 2.60. The molecule has 0 radical (unpaired) electrons. The van der Waals surface area contributed by atoms with Crippen molar-refractivity contribution in [2.45, 2.75) is 30.2 Å². The van der Waals surface area contributed by atoms with Crippen molar-refractivity contribution < 1.29 is 0 Å². The molecule has 5 nitrogen and oxygen atoms in total. The van der Waals surface area contributed by atoms with Crippen LogP contribution in [0.5, 0.6) is 0 Å². The fraction of sp³-hybridized carbons (Fsp3) is 0.438. The van der Waals surface area contributed by atoms with Crippen LogP contribution in [-0.4, -0.2) is 51.3 Å². The Labute approximate surface area is 148 Å². The van der Waals surface area contributed by atoms with Crippen LogP contribution in [0.3, 0.4) is 0 Å². The van der Waals surface area contributed by atoms with Crippen molar-refractivity contribution in [3.05, 3.63) is 40.8 Å². The number of halogens is 1. The third-order valence-electron chi connectivity index (χ3n) is 4.60. The SMILES string of the molecule is CSc1nccc(N2CC3CC(C2)N3Cc2cncc(Br)c2)n1. The van der Waals surface area contributed by atoms with E-state index in [9.17, 15) is 0 Å². The van der Waals surface area contributed by atoms with Gasteiger partial charge >= 0.3 is 0 Å². The molecule has 0 spiro atoms. The fourth-order valence-electron chi connectivity index (χ4n) is 3.49. The molecular weight excluding hydrogens is 374 g/mol. The summed E-state index contributed by atoms with van der Waals surface area (Å²) in [5, 5.41) is 0.846. The molecule has 3 fully saturated rings. The maximum absolute atomic E-state index is 4.63. The zero-order valence-corrected chi connectivity index (χ0v) is 15.3. The third-order valence-corrected chi connectivity index (χ3v) is 5.59. The molecule has 3 aliphatic rings. The molecule has 3 aliphatic heterocycles. The van der Waals surface area contributed by atoms with E-state index in [0.717, 1.165) is 35.1 Å². The lowest BCUT2D eigenvalue weighted by molar-refractivity contribution is -0.00881. The number of piperidine rings is 1. The number of pyridine rings is 1. The van der Waals surface area contributed by atoms with Crippen LogP contribution in [0.1, 0.15) is 12.0 Å². The van der Waals surface area contributed by atoms with E-state index in [4.69, 9.17) is 0 Å². The number of hydrogen-bond donors (Lipinski definition) is 0. The number of rotatable bonds is 4. The average molecular weight is 392 g/mol. The molecular formula is C16H18BrN5S. The normalized spacial score (nSPS) is 23.7. The predicted molar refractivity (Wildman–Crippen MR) is 95.7 cm³/mol. The molecule has 0 saturated carbocycles. The number of piperazine rings is 1. The molecule has 2 aromatic rings. The number of anilines is 1. The second-order valence-electron chi connectivity index (χ2n) is 6.03. The van der Waals surface area contributed by atoms with Crippen molar-refractivity contribution in [2.24, 2.45) is 0 Å². The maximum atomic E-state index is 4.63. The quantitative estimate of drug-likeness (QED) is 0.589. The zero-order chi connectivity index (χ0) is 15.8. The minimum Gasteiger partial charge on any atom is -0.353 e. The van der Waals surface area contributed by atoms with Crippen LogP contribution in [-0.2, 0) is 6.54 Å². The molecule has 0 N–H and O–H groups in total. The van der Waals surface area contributed by atoms with Gasteiger partial charge in [0.05, 0.1) is 0 Å². The van der Waals surface area contributed by atoms with Crippen molar-refractivity contribution in [2.75, 3.05) is 24.2 Å². The molecule has 5 rings (SSSR count). The Hall–Kier alpha value is -1.18. The third kappa shape index (κ3) is 3.09. The Kier molecular flexibility index (Phi) is 4.26. The van der Waals surface area contributed by atoms with Gasteiger partial charge in [0.25, 0.3) is 0 Å². The van der Waals surface area contributed by atoms with Crippen LogP contribution in [0.25, 0.3) is 0 Å². The molecule has 0 aromatic carbocycles. The van der Waals surface area contributed by atoms with E-state index in [1.165, 1.54) is 12.0 Å². The molecule has 23 heavy (non-hydrogen) atoms. The highest BCUT2D eigenvalue weighted by Gasteiger charge is 2.44. The predicted octanol–water partition coefficient (Wildman–Crippen LogP) is 2.82. The Bertz CT molecular complexity index is 700. The van der Waals surface area contributed by atoms with E-state index >= 15 is 0 Å². The molecule has 0 amide bonds. The summed E-state index contributed by atoms with van der Waals surface area (Å²) in [6.45, 7) is 3.07. The standard InChI is InChI=1S/C16H18BrN5S/c1-23-16-19-3-2-15(20-16)21-9-13-5-14(10-21)22(13)8-11-4-12(17)7-18-6-11/h2-4,6-7,13-14H,5,8-10H2,1H3. The summed E-state index contributed by atoms with van der Waals surface area (Å²) < 4.78 is 1.05. The first-order chi connectivity index (χ1) is 11.2. The van der Waals surface area contributed by atoms with Gasteiger partial charge in [-0.1, -0.05) is 11.8 Å². The van der Waals surface area contributed by atoms with Crippen LogP contribution < -0.4 is 4.90 Å². The Morgan fingerprint density at radius 2 is 2.13 bits per heavy atom. The van der Waals surface area contributed by atoms with Gasteiger partial charge in [0.15, 0.2) is 5.16 Å². The highest BCUT2D eigenvalue weighted by Crippen LogP contribution is 2.35. The lowest BCUT2D eigenvalue weighted by Crippen LogP contribution is -2.68. The summed E-state index contributed by atoms with van der Waals surface area (Å²) in [5.41, 5.74) is 1.27. The van der Waals surface area contributed by atoms with Crippen LogP contribution >= 0.6 is 27.7 Å². The van der Waals surface area contributed by atoms with Gasteiger partial charge in [-0.05, 0) is 46.3 Å². The van der Waals surface area contributed by atoms with Crippen LogP contribution in [0.15, 0.2) is 40.4 Å². The number of nitrogens with zero attached hydrogens (tertiary/aromatic N) is 5. The number of thioether (sulfide) groups is 1. The Morgan fingerprint density at radius 1 is 1.30 bits per heavy atom. The molecule has 2 unspecified atom stereocenters. The van der Waals surface area contributed by atoms with Gasteiger partial charge in [0.1, 0.15) is 5.82 Å². The minimum absolute atomic E-state index is 0.612. The molecule has 120 valence electrons. The lowest BCUT2D eigenvalue weighted by atomic mass is 9.87. The zero-order valence-electron chi connectivity index (χ0n) is 12.9. The number of hydrogen-bond acceptors (Lipinski definition) is 6. The molecule has 2 aromatic heterocycles. The summed E-state index contributed by atoms with van der Waals surface area (Å²) in [6, 6.07) is 5.40. The van der Waals surface area contributed by atoms with Gasteiger partial charge in [-0.25, -0.2) is 9.97 Å². The van der Waals surface area contributed by atoms with Gasteiger partial charge in [0, 0.05) is 54.8 Å². The van der Waals surface area contributed by atoms with E-state index in [-0.39, 0.29) is 0 Å². The first-order valence-electron chi connectivity index (χ1n) is 7.70. The van der Waals surface area contributed by atoms with E-state index in [1.807, 2.05) is 30.9 Å². The summed E-state index contributed by atoms with van der Waals surface area (Å²) in [7, 11) is 0. The smallest absolute Gasteiger partial charge is 0.189 e. The van der Waals surface area contributed by atoms with E-state index < -0.39 is 0 Å². The summed E-state index contributed by atoms with van der Waals surface area (Å²) in [6.07, 6.45) is 8.96. The highest BCUT2D eigenvalue weighted by molar-refractivity contribution is 9.10. The van der Waals surface area contributed by atoms with Gasteiger partial charge in [-0.3, -0.25) is 9.88 Å². The van der Waals surface area contributed by atoms with Gasteiger partial charge in [-0.15, -0.1) is 0 Å². The van der Waals surface area contributed by atoms with Crippen molar-refractivity contribution >= 4 is 33.5 Å². The van der Waals surface area contributed by atoms with E-state index in [1.54, 1.807) is 11.8 Å². The highest BCUT2D eigenvalue weighted by atomic mass is 79.9. The molecule has 2 bridgehead atoms. The van der Waals surface area contributed by atoms with Crippen molar-refractivity contribution in [1.29, 1.82) is 0 Å². The van der Waals surface area contributed by atoms with E-state index in [0.29, 0.717) is 12.1 Å². The molecule has 7 heteroatoms. The van der Waals surface area contributed by atoms with Gasteiger partial charge < -0.3 is 4.90 Å². The van der Waals surface area contributed by atoms with Gasteiger partial charge in [0.2, 0.25) is 0 Å². The molecule has 2 atom stereocenters. The largest absolute Gasteiger partial charge is 0.353 e. The fourth-order valence-corrected chi connectivity index (χ4v) is 4.26. The van der Waals surface area contributed by atoms with Crippen LogP contribution in [0.4, 0.5) is 5.82 Å². The first kappa shape index (κ1) is 15.4. The molecule has 5 heterocycles. The molecule has 0 aliphatic carbocycles. The Balaban J connectivity index is 1.44. The summed E-state index contributed by atoms with van der Waals surface area (Å²) >= 11 is 5.09. The van der Waals surface area contributed by atoms with Crippen LogP contribution in [0.2, 0.25) is 0 Å². The van der Waals surface area contributed by atoms with Crippen molar-refractivity contribution in [3.8, 4) is 0 Å². The second-order valence-corrected chi connectivity index (χ2v) is 7.72.